The number of ether oxygens (including phenoxy) is 1. The molecule has 2 nitrogen and oxygen atoms in total. The van der Waals surface area contributed by atoms with Gasteiger partial charge in [0.1, 0.15) is 6.23 Å². The standard InChI is InChI=1S/C14H16BrNO/c15-10-2-3-12-11(8-10)14(5-1-6-14)9-16(12)13-4-7-17-13/h2-3,8,13H,1,4-7,9H2. The largest absolute Gasteiger partial charge is 0.358 e. The lowest BCUT2D eigenvalue weighted by Crippen LogP contribution is -2.48. The lowest BCUT2D eigenvalue weighted by molar-refractivity contribution is -0.0524. The molecule has 90 valence electrons. The van der Waals surface area contributed by atoms with Crippen LogP contribution in [0.15, 0.2) is 22.7 Å². The third-order valence-electron chi connectivity index (χ3n) is 4.65. The van der Waals surface area contributed by atoms with Crippen LogP contribution in [-0.2, 0) is 10.2 Å². The fourth-order valence-corrected chi connectivity index (χ4v) is 3.80. The van der Waals surface area contributed by atoms with Gasteiger partial charge in [0.25, 0.3) is 0 Å². The molecule has 1 aromatic rings. The fourth-order valence-electron chi connectivity index (χ4n) is 3.44. The molecule has 0 radical (unpaired) electrons. The van der Waals surface area contributed by atoms with Gasteiger partial charge in [-0.2, -0.15) is 0 Å². The second kappa shape index (κ2) is 3.48. The number of benzene rings is 1. The van der Waals surface area contributed by atoms with Crippen LogP contribution in [0.4, 0.5) is 5.69 Å². The Labute approximate surface area is 110 Å². The monoisotopic (exact) mass is 293 g/mol. The zero-order valence-electron chi connectivity index (χ0n) is 9.79. The van der Waals surface area contributed by atoms with Crippen LogP contribution in [0.1, 0.15) is 31.2 Å². The first-order valence-electron chi connectivity index (χ1n) is 6.47. The third-order valence-corrected chi connectivity index (χ3v) is 5.14. The molecule has 2 fully saturated rings. The first-order chi connectivity index (χ1) is 8.28. The Morgan fingerprint density at radius 1 is 1.35 bits per heavy atom. The molecule has 4 rings (SSSR count). The zero-order chi connectivity index (χ0) is 11.5. The van der Waals surface area contributed by atoms with Gasteiger partial charge in [-0.25, -0.2) is 0 Å². The topological polar surface area (TPSA) is 12.5 Å². The lowest BCUT2D eigenvalue weighted by atomic mass is 9.66. The van der Waals surface area contributed by atoms with Crippen molar-refractivity contribution in [3.05, 3.63) is 28.2 Å². The molecule has 0 bridgehead atoms. The molecule has 1 aromatic carbocycles. The number of hydrogen-bond acceptors (Lipinski definition) is 2. The molecular weight excluding hydrogens is 278 g/mol. The Kier molecular flexibility index (Phi) is 2.13. The molecule has 1 atom stereocenters. The van der Waals surface area contributed by atoms with E-state index in [-0.39, 0.29) is 0 Å². The van der Waals surface area contributed by atoms with E-state index in [0.717, 1.165) is 6.61 Å². The van der Waals surface area contributed by atoms with Crippen molar-refractivity contribution >= 4 is 21.6 Å². The molecule has 1 saturated heterocycles. The minimum Gasteiger partial charge on any atom is -0.358 e. The van der Waals surface area contributed by atoms with E-state index in [2.05, 4.69) is 39.0 Å². The third kappa shape index (κ3) is 1.36. The zero-order valence-corrected chi connectivity index (χ0v) is 11.4. The van der Waals surface area contributed by atoms with Gasteiger partial charge in [-0.05, 0) is 36.6 Å². The van der Waals surface area contributed by atoms with Crippen LogP contribution in [0.3, 0.4) is 0 Å². The number of nitrogens with zero attached hydrogens (tertiary/aromatic N) is 1. The normalized spacial score (nSPS) is 28.8. The second-order valence-corrected chi connectivity index (χ2v) is 6.45. The summed E-state index contributed by atoms with van der Waals surface area (Å²) in [5.41, 5.74) is 3.41. The van der Waals surface area contributed by atoms with Gasteiger partial charge in [0, 0.05) is 28.5 Å². The maximum absolute atomic E-state index is 5.68. The number of fused-ring (bicyclic) bond motifs is 2. The van der Waals surface area contributed by atoms with Gasteiger partial charge >= 0.3 is 0 Å². The first-order valence-corrected chi connectivity index (χ1v) is 7.26. The highest BCUT2D eigenvalue weighted by atomic mass is 79.9. The average molecular weight is 294 g/mol. The summed E-state index contributed by atoms with van der Waals surface area (Å²) >= 11 is 3.61. The van der Waals surface area contributed by atoms with E-state index in [1.807, 2.05) is 0 Å². The summed E-state index contributed by atoms with van der Waals surface area (Å²) in [6.45, 7) is 2.10. The van der Waals surface area contributed by atoms with Gasteiger partial charge < -0.3 is 9.64 Å². The molecule has 2 aliphatic heterocycles. The quantitative estimate of drug-likeness (QED) is 0.786. The van der Waals surface area contributed by atoms with Crippen molar-refractivity contribution in [2.45, 2.75) is 37.3 Å². The number of rotatable bonds is 1. The highest BCUT2D eigenvalue weighted by Crippen LogP contribution is 2.54. The fraction of sp³-hybridized carbons (Fsp3) is 0.571. The van der Waals surface area contributed by atoms with E-state index in [1.54, 1.807) is 5.56 Å². The van der Waals surface area contributed by atoms with E-state index >= 15 is 0 Å². The second-order valence-electron chi connectivity index (χ2n) is 5.54. The smallest absolute Gasteiger partial charge is 0.132 e. The van der Waals surface area contributed by atoms with Gasteiger partial charge in [-0.1, -0.05) is 22.4 Å². The Hall–Kier alpha value is -0.540. The summed E-state index contributed by atoms with van der Waals surface area (Å²) < 4.78 is 6.89. The molecule has 0 aromatic heterocycles. The molecule has 17 heavy (non-hydrogen) atoms. The molecule has 1 aliphatic carbocycles. The van der Waals surface area contributed by atoms with Gasteiger partial charge in [-0.15, -0.1) is 0 Å². The van der Waals surface area contributed by atoms with Crippen LogP contribution < -0.4 is 4.90 Å². The van der Waals surface area contributed by atoms with Crippen LogP contribution >= 0.6 is 15.9 Å². The molecule has 3 heteroatoms. The number of hydrogen-bond donors (Lipinski definition) is 0. The maximum Gasteiger partial charge on any atom is 0.132 e. The van der Waals surface area contributed by atoms with Crippen molar-refractivity contribution in [2.24, 2.45) is 0 Å². The van der Waals surface area contributed by atoms with Crippen LogP contribution in [-0.4, -0.2) is 19.4 Å². The molecule has 3 aliphatic rings. The van der Waals surface area contributed by atoms with Crippen LogP contribution in [0.25, 0.3) is 0 Å². The van der Waals surface area contributed by atoms with E-state index in [4.69, 9.17) is 4.74 Å². The minimum atomic E-state index is 0.343. The summed E-state index contributed by atoms with van der Waals surface area (Å²) in [5.74, 6) is 0. The van der Waals surface area contributed by atoms with E-state index in [0.29, 0.717) is 11.6 Å². The van der Waals surface area contributed by atoms with Crippen LogP contribution in [0.5, 0.6) is 0 Å². The molecule has 1 unspecified atom stereocenters. The van der Waals surface area contributed by atoms with Gasteiger partial charge in [0.2, 0.25) is 0 Å². The summed E-state index contributed by atoms with van der Waals surface area (Å²) in [7, 11) is 0. The average Bonchev–Trinajstić information content (AvgIpc) is 2.50. The molecule has 1 spiro atoms. The SMILES string of the molecule is Brc1ccc2c(c1)C1(CCC1)CN2C1CCO1. The van der Waals surface area contributed by atoms with Crippen molar-refractivity contribution in [2.75, 3.05) is 18.1 Å². The molecular formula is C14H16BrNO. The molecule has 0 N–H and O–H groups in total. The summed E-state index contributed by atoms with van der Waals surface area (Å²) in [6.07, 6.45) is 5.60. The first kappa shape index (κ1) is 10.4. The highest BCUT2D eigenvalue weighted by molar-refractivity contribution is 9.10. The van der Waals surface area contributed by atoms with Crippen molar-refractivity contribution in [1.29, 1.82) is 0 Å². The van der Waals surface area contributed by atoms with Crippen molar-refractivity contribution < 1.29 is 4.74 Å². The predicted octanol–water partition coefficient (Wildman–Crippen LogP) is 3.44. The summed E-state index contributed by atoms with van der Waals surface area (Å²) in [6, 6.07) is 6.74. The Morgan fingerprint density at radius 3 is 2.76 bits per heavy atom. The Morgan fingerprint density at radius 2 is 2.18 bits per heavy atom. The maximum atomic E-state index is 5.68. The van der Waals surface area contributed by atoms with Crippen molar-refractivity contribution in [3.8, 4) is 0 Å². The predicted molar refractivity (Wildman–Crippen MR) is 71.4 cm³/mol. The van der Waals surface area contributed by atoms with Gasteiger partial charge in [0.15, 0.2) is 0 Å². The van der Waals surface area contributed by atoms with Crippen molar-refractivity contribution in [1.82, 2.24) is 0 Å². The molecule has 0 amide bonds. The highest BCUT2D eigenvalue weighted by Gasteiger charge is 2.49. The van der Waals surface area contributed by atoms with Crippen LogP contribution in [0, 0.1) is 0 Å². The van der Waals surface area contributed by atoms with Crippen molar-refractivity contribution in [3.63, 3.8) is 0 Å². The number of anilines is 1. The van der Waals surface area contributed by atoms with Gasteiger partial charge in [-0.3, -0.25) is 0 Å². The van der Waals surface area contributed by atoms with E-state index < -0.39 is 0 Å². The number of halogens is 1. The molecule has 2 heterocycles. The summed E-state index contributed by atoms with van der Waals surface area (Å²) in [4.78, 5) is 2.49. The Balaban J connectivity index is 1.79. The van der Waals surface area contributed by atoms with E-state index in [1.165, 1.54) is 42.4 Å². The lowest BCUT2D eigenvalue weighted by Gasteiger charge is -2.42. The van der Waals surface area contributed by atoms with E-state index in [9.17, 15) is 0 Å². The Bertz CT molecular complexity index is 465. The summed E-state index contributed by atoms with van der Waals surface area (Å²) in [5, 5.41) is 0. The van der Waals surface area contributed by atoms with Crippen LogP contribution in [0.2, 0.25) is 0 Å². The minimum absolute atomic E-state index is 0.343. The van der Waals surface area contributed by atoms with Gasteiger partial charge in [0.05, 0.1) is 6.61 Å². The molecule has 1 saturated carbocycles.